The van der Waals surface area contributed by atoms with Crippen molar-refractivity contribution in [1.29, 1.82) is 0 Å². The van der Waals surface area contributed by atoms with Crippen LogP contribution in [0.2, 0.25) is 0 Å². The lowest BCUT2D eigenvalue weighted by atomic mass is 9.44. The molecule has 0 aromatic carbocycles. The highest BCUT2D eigenvalue weighted by atomic mass is 19.1. The number of rotatable bonds is 8. The molecule has 0 aromatic heterocycles. The van der Waals surface area contributed by atoms with Crippen LogP contribution in [0.4, 0.5) is 4.39 Å². The SMILES string of the molecule is C[C@@H]1CC2=CC(=O)CC[C@]2(C)C2CC[C@@]3(C)C(CC[C@@H]3OC(=O)CCCC(=O)OCC(=O)[C@@]3(O)[C@@H](C)CC4C5CCC6=CC(=O)C=C[C@]6(C)[C@@]5(F)[C@@H](O)C[C@@]43C)C21. The van der Waals surface area contributed by atoms with Crippen LogP contribution in [0.5, 0.6) is 0 Å². The molecular formula is C47H63FO9. The number of fused-ring (bicyclic) bond motifs is 10. The Balaban J connectivity index is 0.843. The minimum atomic E-state index is -2.08. The molecule has 8 aliphatic rings. The number of alkyl halides is 1. The van der Waals surface area contributed by atoms with E-state index < -0.39 is 64.3 Å². The number of hydrogen-bond donors (Lipinski definition) is 2. The molecule has 6 saturated carbocycles. The predicted molar refractivity (Wildman–Crippen MR) is 209 cm³/mol. The third-order valence-electron chi connectivity index (χ3n) is 18.3. The molecule has 8 aliphatic carbocycles. The Bertz CT molecular complexity index is 1850. The molecule has 6 fully saturated rings. The number of carbonyl (C=O) groups excluding carboxylic acids is 5. The van der Waals surface area contributed by atoms with Gasteiger partial charge in [-0.25, -0.2) is 4.39 Å². The zero-order chi connectivity index (χ0) is 41.1. The summed E-state index contributed by atoms with van der Waals surface area (Å²) in [5.74, 6) is -1.25. The Morgan fingerprint density at radius 3 is 2.37 bits per heavy atom. The molecule has 312 valence electrons. The number of esters is 2. The monoisotopic (exact) mass is 790 g/mol. The van der Waals surface area contributed by atoms with Gasteiger partial charge in [0.2, 0.25) is 5.78 Å². The second-order valence-electron chi connectivity index (χ2n) is 20.7. The van der Waals surface area contributed by atoms with Crippen LogP contribution in [-0.4, -0.2) is 69.6 Å². The molecule has 10 heteroatoms. The molecule has 0 saturated heterocycles. The molecule has 57 heavy (non-hydrogen) atoms. The van der Waals surface area contributed by atoms with E-state index in [2.05, 4.69) is 20.8 Å². The highest BCUT2D eigenvalue weighted by Crippen LogP contribution is 2.71. The van der Waals surface area contributed by atoms with E-state index in [4.69, 9.17) is 9.47 Å². The molecule has 8 rings (SSSR count). The minimum absolute atomic E-state index is 0.0488. The number of Topliss-reactive ketones (excluding diaryl/α,β-unsaturated/α-hetero) is 1. The van der Waals surface area contributed by atoms with Crippen molar-refractivity contribution in [3.8, 4) is 0 Å². The van der Waals surface area contributed by atoms with Crippen LogP contribution in [0.1, 0.15) is 131 Å². The van der Waals surface area contributed by atoms with Crippen molar-refractivity contribution in [2.75, 3.05) is 6.61 Å². The summed E-state index contributed by atoms with van der Waals surface area (Å²) in [5, 5.41) is 23.8. The molecule has 0 aliphatic heterocycles. The number of aliphatic hydroxyl groups is 2. The second kappa shape index (κ2) is 13.8. The van der Waals surface area contributed by atoms with E-state index in [1.54, 1.807) is 26.8 Å². The summed E-state index contributed by atoms with van der Waals surface area (Å²) < 4.78 is 29.1. The number of carbonyl (C=O) groups is 5. The normalized spacial score (nSPS) is 48.3. The van der Waals surface area contributed by atoms with Gasteiger partial charge in [0.05, 0.1) is 6.10 Å². The summed E-state index contributed by atoms with van der Waals surface area (Å²) in [6, 6.07) is 0. The molecule has 5 unspecified atom stereocenters. The van der Waals surface area contributed by atoms with Crippen molar-refractivity contribution in [3.63, 3.8) is 0 Å². The minimum Gasteiger partial charge on any atom is -0.462 e. The van der Waals surface area contributed by atoms with E-state index in [0.29, 0.717) is 54.9 Å². The zero-order valence-electron chi connectivity index (χ0n) is 34.7. The summed E-state index contributed by atoms with van der Waals surface area (Å²) in [6.45, 7) is 11.6. The van der Waals surface area contributed by atoms with E-state index >= 15 is 4.39 Å². The first kappa shape index (κ1) is 40.8. The molecule has 0 aromatic rings. The Kier molecular flexibility index (Phi) is 9.86. The molecular weight excluding hydrogens is 728 g/mol. The highest BCUT2D eigenvalue weighted by Gasteiger charge is 2.75. The van der Waals surface area contributed by atoms with E-state index in [9.17, 15) is 34.2 Å². The highest BCUT2D eigenvalue weighted by molar-refractivity contribution is 6.01. The molecule has 0 spiro atoms. The first-order valence-corrected chi connectivity index (χ1v) is 21.9. The third kappa shape index (κ3) is 5.74. The van der Waals surface area contributed by atoms with Gasteiger partial charge < -0.3 is 19.7 Å². The van der Waals surface area contributed by atoms with Crippen molar-refractivity contribution >= 4 is 29.3 Å². The standard InChI is InChI=1S/C47H63FO9/c1-26-20-29-23-30(49)14-17-42(29,3)34-16-18-43(4)33(41(26)34)12-13-38(43)57-40(54)9-7-8-39(53)56-25-37(52)47(55)27(2)21-35-32-11-10-28-22-31(50)15-19-44(28,5)46(32,48)36(51)24-45(35,47)6/h15,19,22-23,26-27,32-36,38,41,51,55H,7-14,16-18,20-21,24-25H2,1-6H3/t26-,27+,32?,33?,34?,35?,36+,38+,41?,42+,43+,44+,45+,46+,47+/m1/s1. The van der Waals surface area contributed by atoms with Crippen LogP contribution in [0.25, 0.3) is 0 Å². The smallest absolute Gasteiger partial charge is 0.306 e. The first-order valence-electron chi connectivity index (χ1n) is 21.9. The van der Waals surface area contributed by atoms with E-state index in [0.717, 1.165) is 38.5 Å². The van der Waals surface area contributed by atoms with Gasteiger partial charge in [-0.3, -0.25) is 24.0 Å². The lowest BCUT2D eigenvalue weighted by molar-refractivity contribution is -0.220. The largest absolute Gasteiger partial charge is 0.462 e. The van der Waals surface area contributed by atoms with Crippen LogP contribution in [-0.2, 0) is 33.4 Å². The average Bonchev–Trinajstić information content (AvgIpc) is 3.58. The van der Waals surface area contributed by atoms with Gasteiger partial charge >= 0.3 is 11.9 Å². The number of aliphatic hydroxyl groups excluding tert-OH is 1. The van der Waals surface area contributed by atoms with Crippen molar-refractivity contribution in [3.05, 3.63) is 35.5 Å². The van der Waals surface area contributed by atoms with E-state index in [1.807, 2.05) is 6.08 Å². The lowest BCUT2D eigenvalue weighted by Crippen LogP contribution is -2.69. The Hall–Kier alpha value is -2.98. The topological polar surface area (TPSA) is 144 Å². The van der Waals surface area contributed by atoms with Gasteiger partial charge in [0, 0.05) is 41.4 Å². The van der Waals surface area contributed by atoms with Gasteiger partial charge in [-0.15, -0.1) is 0 Å². The van der Waals surface area contributed by atoms with Crippen LogP contribution in [0.3, 0.4) is 0 Å². The quantitative estimate of drug-likeness (QED) is 0.242. The fraction of sp³-hybridized carbons (Fsp3) is 0.766. The van der Waals surface area contributed by atoms with E-state index in [-0.39, 0.29) is 60.2 Å². The van der Waals surface area contributed by atoms with Gasteiger partial charge in [0.15, 0.2) is 23.8 Å². The summed E-state index contributed by atoms with van der Waals surface area (Å²) in [7, 11) is 0. The van der Waals surface area contributed by atoms with E-state index in [1.165, 1.54) is 17.7 Å². The summed E-state index contributed by atoms with van der Waals surface area (Å²) in [6.07, 6.45) is 12.3. The number of ether oxygens (including phenoxy) is 2. The van der Waals surface area contributed by atoms with Gasteiger partial charge in [-0.05, 0) is 137 Å². The molecule has 15 atom stereocenters. The summed E-state index contributed by atoms with van der Waals surface area (Å²) in [4.78, 5) is 64.5. The molecule has 9 nitrogen and oxygen atoms in total. The van der Waals surface area contributed by atoms with Gasteiger partial charge in [0.25, 0.3) is 0 Å². The molecule has 0 radical (unpaired) electrons. The maximum absolute atomic E-state index is 17.5. The Labute approximate surface area is 336 Å². The maximum Gasteiger partial charge on any atom is 0.306 e. The second-order valence-corrected chi connectivity index (χ2v) is 20.7. The average molecular weight is 791 g/mol. The van der Waals surface area contributed by atoms with Gasteiger partial charge in [-0.1, -0.05) is 51.8 Å². The molecule has 0 amide bonds. The van der Waals surface area contributed by atoms with Crippen molar-refractivity contribution in [1.82, 2.24) is 0 Å². The van der Waals surface area contributed by atoms with Crippen LogP contribution in [0.15, 0.2) is 35.5 Å². The molecule has 2 N–H and O–H groups in total. The Morgan fingerprint density at radius 2 is 1.61 bits per heavy atom. The zero-order valence-corrected chi connectivity index (χ0v) is 34.7. The van der Waals surface area contributed by atoms with Crippen LogP contribution in [0, 0.1) is 63.1 Å². The number of halogens is 1. The summed E-state index contributed by atoms with van der Waals surface area (Å²) in [5.41, 5.74) is -4.40. The fourth-order valence-electron chi connectivity index (χ4n) is 15.1. The summed E-state index contributed by atoms with van der Waals surface area (Å²) >= 11 is 0. The third-order valence-corrected chi connectivity index (χ3v) is 18.3. The van der Waals surface area contributed by atoms with Crippen LogP contribution >= 0.6 is 0 Å². The Morgan fingerprint density at radius 1 is 0.877 bits per heavy atom. The first-order chi connectivity index (χ1) is 26.7. The fourth-order valence-corrected chi connectivity index (χ4v) is 15.1. The van der Waals surface area contributed by atoms with Crippen LogP contribution < -0.4 is 0 Å². The number of ketones is 3. The number of allylic oxidation sites excluding steroid dienone is 5. The lowest BCUT2D eigenvalue weighted by Gasteiger charge is -2.62. The van der Waals surface area contributed by atoms with Gasteiger partial charge in [-0.2, -0.15) is 0 Å². The predicted octanol–water partition coefficient (Wildman–Crippen LogP) is 7.31. The van der Waals surface area contributed by atoms with Gasteiger partial charge in [0.1, 0.15) is 11.7 Å². The number of hydrogen-bond acceptors (Lipinski definition) is 9. The van der Waals surface area contributed by atoms with Crippen molar-refractivity contribution in [2.45, 2.75) is 155 Å². The van der Waals surface area contributed by atoms with Crippen molar-refractivity contribution < 1.29 is 48.0 Å². The van der Waals surface area contributed by atoms with Crippen molar-refractivity contribution in [2.24, 2.45) is 63.1 Å². The molecule has 0 bridgehead atoms. The molecule has 0 heterocycles. The maximum atomic E-state index is 17.5.